The third kappa shape index (κ3) is 40.2. The lowest BCUT2D eigenvalue weighted by molar-refractivity contribution is 0.109. The van der Waals surface area contributed by atoms with Gasteiger partial charge in [-0.05, 0) is 58.9 Å². The van der Waals surface area contributed by atoms with Crippen LogP contribution in [0.25, 0.3) is 0 Å². The number of morpholine rings is 1. The summed E-state index contributed by atoms with van der Waals surface area (Å²) in [5, 5.41) is 12.9. The third-order valence-electron chi connectivity index (χ3n) is 4.35. The van der Waals surface area contributed by atoms with E-state index in [9.17, 15) is 0 Å². The Morgan fingerprint density at radius 1 is 0.438 bits per heavy atom. The molecule has 6 heteroatoms. The second kappa shape index (κ2) is 44.4. The molecule has 0 radical (unpaired) electrons. The fraction of sp³-hybridized carbons (Fsp3) is 1.00. The van der Waals surface area contributed by atoms with Crippen molar-refractivity contribution in [1.82, 2.24) is 26.2 Å². The summed E-state index contributed by atoms with van der Waals surface area (Å²) >= 11 is 0. The molecule has 200 valence electrons. The van der Waals surface area contributed by atoms with Crippen LogP contribution in [0.1, 0.15) is 87.5 Å². The third-order valence-corrected chi connectivity index (χ3v) is 4.35. The minimum Gasteiger partial charge on any atom is -0.379 e. The smallest absolute Gasteiger partial charge is 0.0591 e. The average Bonchev–Trinajstić information content (AvgIpc) is 3.53. The van der Waals surface area contributed by atoms with E-state index in [0.717, 1.165) is 39.4 Å². The van der Waals surface area contributed by atoms with Gasteiger partial charge in [0.05, 0.1) is 13.2 Å². The Balaban J connectivity index is -0.000000148. The Bertz CT molecular complexity index is 198. The maximum atomic E-state index is 5.01. The molecule has 32 heavy (non-hydrogen) atoms. The van der Waals surface area contributed by atoms with E-state index >= 15 is 0 Å². The summed E-state index contributed by atoms with van der Waals surface area (Å²) in [6.07, 6.45) is 6.99. The molecule has 0 unspecified atom stereocenters. The van der Waals surface area contributed by atoms with E-state index in [1.807, 2.05) is 55.4 Å². The number of nitrogens with one attached hydrogen (secondary N) is 4. The van der Waals surface area contributed by atoms with Gasteiger partial charge in [-0.15, -0.1) is 0 Å². The molecule has 0 aromatic heterocycles. The predicted molar refractivity (Wildman–Crippen MR) is 148 cm³/mol. The summed E-state index contributed by atoms with van der Waals surface area (Å²) in [5.41, 5.74) is 0. The molecule has 4 heterocycles. The van der Waals surface area contributed by atoms with E-state index < -0.39 is 0 Å². The molecule has 0 amide bonds. The second-order valence-electron chi connectivity index (χ2n) is 6.68. The Labute approximate surface area is 204 Å². The summed E-state index contributed by atoms with van der Waals surface area (Å²) in [5.74, 6) is 0. The van der Waals surface area contributed by atoms with Gasteiger partial charge in [-0.2, -0.15) is 0 Å². The molecule has 0 spiro atoms. The number of rotatable bonds is 0. The van der Waals surface area contributed by atoms with Crippen LogP contribution < -0.4 is 21.3 Å². The molecule has 0 bridgehead atoms. The van der Waals surface area contributed by atoms with Crippen molar-refractivity contribution >= 4 is 0 Å². The van der Waals surface area contributed by atoms with Crippen LogP contribution in [0.2, 0.25) is 0 Å². The molecule has 4 rings (SSSR count). The van der Waals surface area contributed by atoms with E-state index in [2.05, 4.69) is 33.2 Å². The zero-order chi connectivity index (χ0) is 25.1. The highest BCUT2D eigenvalue weighted by Crippen LogP contribution is 1.96. The van der Waals surface area contributed by atoms with E-state index in [1.54, 1.807) is 0 Å². The number of piperidine rings is 1. The van der Waals surface area contributed by atoms with Crippen LogP contribution in [0, 0.1) is 0 Å². The molecule has 6 nitrogen and oxygen atoms in total. The number of ether oxygens (including phenoxy) is 1. The van der Waals surface area contributed by atoms with Gasteiger partial charge >= 0.3 is 0 Å². The quantitative estimate of drug-likeness (QED) is 0.428. The van der Waals surface area contributed by atoms with E-state index in [1.165, 1.54) is 71.4 Å². The first kappa shape index (κ1) is 39.0. The maximum absolute atomic E-state index is 5.01. The maximum Gasteiger partial charge on any atom is 0.0591 e. The highest BCUT2D eigenvalue weighted by atomic mass is 16.5. The summed E-state index contributed by atoms with van der Waals surface area (Å²) in [6.45, 7) is 29.6. The molecular weight excluding hydrogens is 398 g/mol. The van der Waals surface area contributed by atoms with E-state index in [-0.39, 0.29) is 0 Å². The monoisotopic (exact) mass is 464 g/mol. The van der Waals surface area contributed by atoms with Gasteiger partial charge in [0.2, 0.25) is 0 Å². The van der Waals surface area contributed by atoms with Crippen molar-refractivity contribution in [3.05, 3.63) is 0 Å². The van der Waals surface area contributed by atoms with Gasteiger partial charge in [0.15, 0.2) is 0 Å². The largest absolute Gasteiger partial charge is 0.379 e. The minimum atomic E-state index is 0.889. The van der Waals surface area contributed by atoms with E-state index in [4.69, 9.17) is 4.74 Å². The Hall–Kier alpha value is -0.240. The molecule has 4 aliphatic rings. The van der Waals surface area contributed by atoms with Crippen molar-refractivity contribution in [2.75, 3.05) is 85.7 Å². The topological polar surface area (TPSA) is 60.6 Å². The zero-order valence-electron chi connectivity index (χ0n) is 23.9. The molecule has 0 saturated carbocycles. The number of likely N-dealkylation sites (N-methyl/N-ethyl adjacent to an activating group) is 1. The van der Waals surface area contributed by atoms with Crippen LogP contribution in [-0.2, 0) is 4.74 Å². The average molecular weight is 464 g/mol. The van der Waals surface area contributed by atoms with Crippen LogP contribution in [0.4, 0.5) is 0 Å². The fourth-order valence-corrected chi connectivity index (χ4v) is 2.72. The van der Waals surface area contributed by atoms with Gasteiger partial charge < -0.3 is 30.9 Å². The van der Waals surface area contributed by atoms with Gasteiger partial charge in [0, 0.05) is 39.3 Å². The Kier molecular flexibility index (Phi) is 54.2. The van der Waals surface area contributed by atoms with Gasteiger partial charge in [0.1, 0.15) is 0 Å². The standard InChI is InChI=1S/C5H12N2.C5H11N.C4H9NO.C4H9N.4C2H6/c1-7-4-2-6-3-5-7;1-2-4-6-5-3-1;1-3-6-4-2-5-1;1-2-4-5-3-1;4*1-2/h6H,2-5H2,1H3;6H,1-5H2;5H,1-4H2;5H,1-4H2;4*1-2H3. The van der Waals surface area contributed by atoms with Gasteiger partial charge in [-0.3, -0.25) is 0 Å². The summed E-state index contributed by atoms with van der Waals surface area (Å²) in [4.78, 5) is 2.33. The molecule has 0 aliphatic carbocycles. The fourth-order valence-electron chi connectivity index (χ4n) is 2.72. The first-order valence-electron chi connectivity index (χ1n) is 14.0. The predicted octanol–water partition coefficient (Wildman–Crippen LogP) is 4.36. The molecule has 4 aliphatic heterocycles. The summed E-state index contributed by atoms with van der Waals surface area (Å²) in [7, 11) is 2.15. The van der Waals surface area contributed by atoms with Crippen LogP contribution in [0.5, 0.6) is 0 Å². The number of hydrogen-bond donors (Lipinski definition) is 4. The molecule has 4 N–H and O–H groups in total. The lowest BCUT2D eigenvalue weighted by Crippen LogP contribution is -2.40. The molecule has 0 aromatic carbocycles. The number of hydrogen-bond acceptors (Lipinski definition) is 6. The molecule has 4 saturated heterocycles. The van der Waals surface area contributed by atoms with E-state index in [0.29, 0.717) is 0 Å². The first-order chi connectivity index (χ1) is 15.9. The highest BCUT2D eigenvalue weighted by Gasteiger charge is 2.01. The second-order valence-corrected chi connectivity index (χ2v) is 6.68. The molecule has 0 atom stereocenters. The van der Waals surface area contributed by atoms with Crippen molar-refractivity contribution in [3.8, 4) is 0 Å². The van der Waals surface area contributed by atoms with Crippen molar-refractivity contribution in [2.24, 2.45) is 0 Å². The van der Waals surface area contributed by atoms with Crippen LogP contribution in [0.3, 0.4) is 0 Å². The van der Waals surface area contributed by atoms with Gasteiger partial charge in [-0.25, -0.2) is 0 Å². The number of nitrogens with zero attached hydrogens (tertiary/aromatic N) is 1. The SMILES string of the molecule is C1CCNC1.C1CCNCC1.C1COCCN1.CC.CC.CC.CC.CN1CCNCC1. The lowest BCUT2D eigenvalue weighted by Gasteiger charge is -2.21. The van der Waals surface area contributed by atoms with Crippen molar-refractivity contribution in [3.63, 3.8) is 0 Å². The van der Waals surface area contributed by atoms with Gasteiger partial charge in [0.25, 0.3) is 0 Å². The highest BCUT2D eigenvalue weighted by molar-refractivity contribution is 4.62. The van der Waals surface area contributed by atoms with Crippen LogP contribution in [-0.4, -0.2) is 90.6 Å². The first-order valence-corrected chi connectivity index (χ1v) is 14.0. The molecule has 4 fully saturated rings. The van der Waals surface area contributed by atoms with Crippen LogP contribution >= 0.6 is 0 Å². The summed E-state index contributed by atoms with van der Waals surface area (Å²) in [6, 6.07) is 0. The summed E-state index contributed by atoms with van der Waals surface area (Å²) < 4.78 is 5.01. The Morgan fingerprint density at radius 3 is 0.906 bits per heavy atom. The van der Waals surface area contributed by atoms with Crippen molar-refractivity contribution in [1.29, 1.82) is 0 Å². The van der Waals surface area contributed by atoms with Crippen molar-refractivity contribution in [2.45, 2.75) is 87.5 Å². The van der Waals surface area contributed by atoms with Crippen LogP contribution in [0.15, 0.2) is 0 Å². The zero-order valence-corrected chi connectivity index (χ0v) is 23.9. The van der Waals surface area contributed by atoms with Crippen molar-refractivity contribution < 1.29 is 4.74 Å². The lowest BCUT2D eigenvalue weighted by atomic mass is 10.2. The minimum absolute atomic E-state index is 0.889. The molecule has 0 aromatic rings. The normalized spacial score (nSPS) is 19.0. The number of piperazine rings is 1. The van der Waals surface area contributed by atoms with Gasteiger partial charge in [-0.1, -0.05) is 61.8 Å². The molecular formula is C26H65N5O. The Morgan fingerprint density at radius 2 is 0.750 bits per heavy atom.